The van der Waals surface area contributed by atoms with Crippen molar-refractivity contribution in [3.8, 4) is 17.2 Å². The first-order valence-electron chi connectivity index (χ1n) is 13.6. The second-order valence-corrected chi connectivity index (χ2v) is 12.1. The molecular formula is C36H22N4S2. The maximum atomic E-state index is 10.0. The summed E-state index contributed by atoms with van der Waals surface area (Å²) in [4.78, 5) is 14.3. The van der Waals surface area contributed by atoms with Crippen LogP contribution in [0, 0.1) is 11.3 Å². The van der Waals surface area contributed by atoms with Crippen LogP contribution < -0.4 is 9.80 Å². The van der Waals surface area contributed by atoms with Crippen LogP contribution in [0.5, 0.6) is 0 Å². The molecule has 0 saturated carbocycles. The van der Waals surface area contributed by atoms with E-state index < -0.39 is 0 Å². The van der Waals surface area contributed by atoms with E-state index in [1.165, 1.54) is 19.6 Å². The minimum atomic E-state index is 0.603. The average Bonchev–Trinajstić information content (AvgIpc) is 3.06. The fourth-order valence-corrected chi connectivity index (χ4v) is 7.81. The molecule has 0 atom stereocenters. The lowest BCUT2D eigenvalue weighted by molar-refractivity contribution is 1.11. The fraction of sp³-hybridized carbons (Fsp3) is 0. The largest absolute Gasteiger partial charge is 0.308 e. The summed E-state index contributed by atoms with van der Waals surface area (Å²) in [6.45, 7) is 0. The first-order chi connectivity index (χ1) is 20.8. The highest BCUT2D eigenvalue weighted by molar-refractivity contribution is 8.00. The summed E-state index contributed by atoms with van der Waals surface area (Å²) in [7, 11) is 0. The molecule has 0 saturated heterocycles. The molecule has 2 aliphatic rings. The molecule has 6 heteroatoms. The maximum absolute atomic E-state index is 10.0. The van der Waals surface area contributed by atoms with Crippen LogP contribution in [0.3, 0.4) is 0 Å². The predicted molar refractivity (Wildman–Crippen MR) is 172 cm³/mol. The Hall–Kier alpha value is -4.96. The minimum absolute atomic E-state index is 0.603. The number of rotatable bonds is 3. The average molecular weight is 575 g/mol. The van der Waals surface area contributed by atoms with Crippen LogP contribution in [0.2, 0.25) is 0 Å². The van der Waals surface area contributed by atoms with Gasteiger partial charge in [-0.1, -0.05) is 72.1 Å². The zero-order valence-electron chi connectivity index (χ0n) is 22.3. The van der Waals surface area contributed by atoms with Crippen LogP contribution >= 0.6 is 23.5 Å². The van der Waals surface area contributed by atoms with Gasteiger partial charge >= 0.3 is 0 Å². The third kappa shape index (κ3) is 3.98. The molecule has 2 aliphatic heterocycles. The first-order valence-corrected chi connectivity index (χ1v) is 15.2. The van der Waals surface area contributed by atoms with Gasteiger partial charge in [-0.15, -0.1) is 0 Å². The predicted octanol–water partition coefficient (Wildman–Crippen LogP) is 10.5. The summed E-state index contributed by atoms with van der Waals surface area (Å²) in [5.41, 5.74) is 7.90. The number of pyridine rings is 1. The molecule has 1 aromatic heterocycles. The van der Waals surface area contributed by atoms with Crippen molar-refractivity contribution in [3.63, 3.8) is 0 Å². The molecule has 0 spiro atoms. The van der Waals surface area contributed by atoms with E-state index >= 15 is 0 Å². The van der Waals surface area contributed by atoms with Gasteiger partial charge in [-0.2, -0.15) is 5.26 Å². The Morgan fingerprint density at radius 2 is 1.00 bits per heavy atom. The Morgan fingerprint density at radius 3 is 1.52 bits per heavy atom. The number of nitrogens with zero attached hydrogens (tertiary/aromatic N) is 4. The number of aromatic nitrogens is 1. The third-order valence-electron chi connectivity index (χ3n) is 7.52. The van der Waals surface area contributed by atoms with Gasteiger partial charge in [0.05, 0.1) is 40.1 Å². The standard InChI is InChI=1S/C36H22N4S2/c37-23-24-19-20-27(39-28-11-1-5-15-32(28)41-33-16-6-2-12-29(33)39)26(22-24)25-10-9-21-38-36(25)40-30-13-3-7-17-34(30)42-35-18-8-4-14-31(35)40/h1-22H. The second-order valence-electron chi connectivity index (χ2n) is 9.96. The molecule has 0 aliphatic carbocycles. The minimum Gasteiger partial charge on any atom is -0.308 e. The smallest absolute Gasteiger partial charge is 0.145 e. The van der Waals surface area contributed by atoms with E-state index in [1.807, 2.05) is 24.4 Å². The van der Waals surface area contributed by atoms with Crippen molar-refractivity contribution in [2.75, 3.05) is 9.80 Å². The van der Waals surface area contributed by atoms with Gasteiger partial charge in [0, 0.05) is 36.9 Å². The van der Waals surface area contributed by atoms with E-state index in [9.17, 15) is 5.26 Å². The third-order valence-corrected chi connectivity index (χ3v) is 9.78. The van der Waals surface area contributed by atoms with Crippen molar-refractivity contribution >= 4 is 57.8 Å². The quantitative estimate of drug-likeness (QED) is 0.209. The molecule has 42 heavy (non-hydrogen) atoms. The number of anilines is 6. The van der Waals surface area contributed by atoms with Gasteiger partial charge in [-0.25, -0.2) is 4.98 Å². The number of fused-ring (bicyclic) bond motifs is 4. The van der Waals surface area contributed by atoms with Crippen LogP contribution in [-0.2, 0) is 0 Å². The van der Waals surface area contributed by atoms with Crippen molar-refractivity contribution in [2.24, 2.45) is 0 Å². The summed E-state index contributed by atoms with van der Waals surface area (Å²) in [6.07, 6.45) is 1.85. The lowest BCUT2D eigenvalue weighted by atomic mass is 9.98. The van der Waals surface area contributed by atoms with Crippen LogP contribution in [0.1, 0.15) is 5.56 Å². The van der Waals surface area contributed by atoms with E-state index in [1.54, 1.807) is 23.5 Å². The van der Waals surface area contributed by atoms with E-state index in [0.29, 0.717) is 5.56 Å². The Labute approximate surface area is 252 Å². The Morgan fingerprint density at radius 1 is 0.500 bits per heavy atom. The lowest BCUT2D eigenvalue weighted by Crippen LogP contribution is -2.18. The van der Waals surface area contributed by atoms with Gasteiger partial charge in [-0.05, 0) is 78.9 Å². The van der Waals surface area contributed by atoms with Crippen molar-refractivity contribution in [1.29, 1.82) is 5.26 Å². The Kier molecular flexibility index (Phi) is 5.99. The Bertz CT molecular complexity index is 1960. The molecule has 0 radical (unpaired) electrons. The van der Waals surface area contributed by atoms with E-state index in [2.05, 4.69) is 125 Å². The lowest BCUT2D eigenvalue weighted by Gasteiger charge is -2.35. The molecule has 0 fully saturated rings. The van der Waals surface area contributed by atoms with Gasteiger partial charge in [0.1, 0.15) is 5.82 Å². The number of hydrogen-bond donors (Lipinski definition) is 0. The number of benzene rings is 5. The second kappa shape index (κ2) is 10.1. The molecule has 4 nitrogen and oxygen atoms in total. The summed E-state index contributed by atoms with van der Waals surface area (Å²) in [6, 6.07) is 46.4. The van der Waals surface area contributed by atoms with Gasteiger partial charge in [0.2, 0.25) is 0 Å². The topological polar surface area (TPSA) is 43.2 Å². The number of para-hydroxylation sites is 4. The van der Waals surface area contributed by atoms with Gasteiger partial charge in [-0.3, -0.25) is 4.90 Å². The summed E-state index contributed by atoms with van der Waals surface area (Å²) < 4.78 is 0. The monoisotopic (exact) mass is 574 g/mol. The normalized spacial score (nSPS) is 12.9. The van der Waals surface area contributed by atoms with Gasteiger partial charge in [0.15, 0.2) is 0 Å². The summed E-state index contributed by atoms with van der Waals surface area (Å²) in [5.74, 6) is 0.821. The SMILES string of the molecule is N#Cc1ccc(N2c3ccccc3Sc3ccccc32)c(-c2cccnc2N2c3ccccc3Sc3ccccc32)c1. The van der Waals surface area contributed by atoms with Crippen molar-refractivity contribution in [3.05, 3.63) is 139 Å². The summed E-state index contributed by atoms with van der Waals surface area (Å²) in [5, 5.41) is 10.0. The molecule has 6 aromatic rings. The van der Waals surface area contributed by atoms with Crippen molar-refractivity contribution < 1.29 is 0 Å². The number of nitriles is 1. The summed E-state index contributed by atoms with van der Waals surface area (Å²) >= 11 is 3.56. The number of hydrogen-bond acceptors (Lipinski definition) is 6. The molecule has 198 valence electrons. The van der Waals surface area contributed by atoms with Gasteiger partial charge < -0.3 is 4.90 Å². The van der Waals surface area contributed by atoms with Crippen LogP contribution in [0.25, 0.3) is 11.1 Å². The zero-order valence-corrected chi connectivity index (χ0v) is 23.9. The first kappa shape index (κ1) is 24.8. The van der Waals surface area contributed by atoms with Gasteiger partial charge in [0.25, 0.3) is 0 Å². The molecule has 8 rings (SSSR count). The van der Waals surface area contributed by atoms with E-state index in [-0.39, 0.29) is 0 Å². The van der Waals surface area contributed by atoms with E-state index in [0.717, 1.165) is 45.4 Å². The maximum Gasteiger partial charge on any atom is 0.145 e. The fourth-order valence-electron chi connectivity index (χ4n) is 5.70. The van der Waals surface area contributed by atoms with Crippen molar-refractivity contribution in [1.82, 2.24) is 4.98 Å². The molecule has 5 aromatic carbocycles. The molecule has 3 heterocycles. The zero-order chi connectivity index (χ0) is 28.0. The van der Waals surface area contributed by atoms with Crippen LogP contribution in [0.15, 0.2) is 153 Å². The highest BCUT2D eigenvalue weighted by atomic mass is 32.2. The van der Waals surface area contributed by atoms with E-state index in [4.69, 9.17) is 4.98 Å². The van der Waals surface area contributed by atoms with Crippen LogP contribution in [0.4, 0.5) is 34.3 Å². The Balaban J connectivity index is 1.40. The molecular weight excluding hydrogens is 553 g/mol. The highest BCUT2D eigenvalue weighted by Crippen LogP contribution is 2.55. The molecule has 0 unspecified atom stereocenters. The molecule has 0 bridgehead atoms. The highest BCUT2D eigenvalue weighted by Gasteiger charge is 2.30. The van der Waals surface area contributed by atoms with Crippen molar-refractivity contribution in [2.45, 2.75) is 19.6 Å². The van der Waals surface area contributed by atoms with Crippen LogP contribution in [-0.4, -0.2) is 4.98 Å². The molecule has 0 N–H and O–H groups in total. The molecule has 0 amide bonds.